The van der Waals surface area contributed by atoms with E-state index >= 15 is 0 Å². The van der Waals surface area contributed by atoms with Crippen LogP contribution in [-0.4, -0.2) is 22.8 Å². The summed E-state index contributed by atoms with van der Waals surface area (Å²) < 4.78 is 0. The summed E-state index contributed by atoms with van der Waals surface area (Å²) >= 11 is 0. The number of aromatic nitrogens is 1. The van der Waals surface area contributed by atoms with Gasteiger partial charge in [0.25, 0.3) is 5.91 Å². The second kappa shape index (κ2) is 5.16. The molecule has 0 aliphatic carbocycles. The van der Waals surface area contributed by atoms with Gasteiger partial charge in [0.15, 0.2) is 5.43 Å². The monoisotopic (exact) mass is 273 g/mol. The maximum atomic E-state index is 12.2. The molecule has 0 unspecified atom stereocenters. The fraction of sp³-hybridized carbons (Fsp3) is 0.214. The maximum absolute atomic E-state index is 12.2. The fourth-order valence-electron chi connectivity index (χ4n) is 1.93. The normalized spacial score (nSPS) is 12.1. The number of rotatable bonds is 3. The van der Waals surface area contributed by atoms with Gasteiger partial charge in [-0.25, -0.2) is 0 Å². The number of carbonyl (C=O) groups is 2. The number of para-hydroxylation sites is 1. The third kappa shape index (κ3) is 2.54. The topological polar surface area (TPSA) is 105 Å². The summed E-state index contributed by atoms with van der Waals surface area (Å²) in [4.78, 5) is 38.0. The van der Waals surface area contributed by atoms with Crippen molar-refractivity contribution >= 4 is 22.7 Å². The molecule has 0 radical (unpaired) electrons. The van der Waals surface area contributed by atoms with Crippen molar-refractivity contribution in [2.24, 2.45) is 5.73 Å². The Morgan fingerprint density at radius 1 is 1.35 bits per heavy atom. The molecule has 20 heavy (non-hydrogen) atoms. The number of primary amides is 1. The highest BCUT2D eigenvalue weighted by Gasteiger charge is 2.16. The molecule has 0 aliphatic heterocycles. The predicted octanol–water partition coefficient (Wildman–Crippen LogP) is 0.440. The van der Waals surface area contributed by atoms with Crippen LogP contribution in [0.3, 0.4) is 0 Å². The molecular weight excluding hydrogens is 258 g/mol. The lowest BCUT2D eigenvalue weighted by Crippen LogP contribution is -2.42. The number of nitrogens with one attached hydrogen (secondary N) is 2. The molecule has 0 spiro atoms. The Morgan fingerprint density at radius 2 is 2.05 bits per heavy atom. The zero-order valence-corrected chi connectivity index (χ0v) is 11.2. The Labute approximate surface area is 115 Å². The first-order chi connectivity index (χ1) is 9.40. The summed E-state index contributed by atoms with van der Waals surface area (Å²) in [5.41, 5.74) is 6.36. The van der Waals surface area contributed by atoms with E-state index in [9.17, 15) is 14.4 Å². The van der Waals surface area contributed by atoms with Crippen LogP contribution in [0.5, 0.6) is 0 Å². The molecule has 2 aromatic rings. The van der Waals surface area contributed by atoms with Gasteiger partial charge < -0.3 is 16.0 Å². The SMILES string of the molecule is Cc1cc(=O)c2cccc(C(=O)N[C@H](C)C(N)=O)c2[nH]1. The number of nitrogens with two attached hydrogens (primary N) is 1. The van der Waals surface area contributed by atoms with Crippen molar-refractivity contribution in [2.45, 2.75) is 19.9 Å². The van der Waals surface area contributed by atoms with Gasteiger partial charge in [0.2, 0.25) is 5.91 Å². The number of pyridine rings is 1. The molecule has 2 rings (SSSR count). The van der Waals surface area contributed by atoms with Crippen LogP contribution in [0.15, 0.2) is 29.1 Å². The van der Waals surface area contributed by atoms with Crippen molar-refractivity contribution in [1.29, 1.82) is 0 Å². The highest BCUT2D eigenvalue weighted by atomic mass is 16.2. The Kier molecular flexibility index (Phi) is 3.56. The quantitative estimate of drug-likeness (QED) is 0.755. The Hall–Kier alpha value is -2.63. The second-order valence-electron chi connectivity index (χ2n) is 4.64. The minimum Gasteiger partial charge on any atom is -0.368 e. The molecular formula is C14H15N3O3. The van der Waals surface area contributed by atoms with Crippen molar-refractivity contribution in [2.75, 3.05) is 0 Å². The maximum Gasteiger partial charge on any atom is 0.254 e. The fourth-order valence-corrected chi connectivity index (χ4v) is 1.93. The number of fused-ring (bicyclic) bond motifs is 1. The first-order valence-electron chi connectivity index (χ1n) is 6.13. The van der Waals surface area contributed by atoms with Gasteiger partial charge in [0.05, 0.1) is 11.1 Å². The standard InChI is InChI=1S/C14H15N3O3/c1-7-6-11(18)9-4-3-5-10(12(9)16-7)14(20)17-8(2)13(15)19/h3-6,8H,1-2H3,(H2,15,19)(H,16,18)(H,17,20)/t8-/m1/s1. The summed E-state index contributed by atoms with van der Waals surface area (Å²) in [6.07, 6.45) is 0. The molecule has 0 aliphatic rings. The number of benzene rings is 1. The Bertz CT molecular complexity index is 749. The van der Waals surface area contributed by atoms with E-state index < -0.39 is 17.9 Å². The molecule has 0 saturated heterocycles. The molecule has 1 aromatic heterocycles. The van der Waals surface area contributed by atoms with E-state index in [2.05, 4.69) is 10.3 Å². The lowest BCUT2D eigenvalue weighted by molar-refractivity contribution is -0.119. The molecule has 1 aromatic carbocycles. The number of aryl methyl sites for hydroxylation is 1. The Morgan fingerprint density at radius 3 is 2.70 bits per heavy atom. The van der Waals surface area contributed by atoms with Crippen LogP contribution in [0, 0.1) is 6.92 Å². The van der Waals surface area contributed by atoms with Crippen molar-refractivity contribution in [1.82, 2.24) is 10.3 Å². The summed E-state index contributed by atoms with van der Waals surface area (Å²) in [5.74, 6) is -1.08. The van der Waals surface area contributed by atoms with E-state index in [1.165, 1.54) is 13.0 Å². The predicted molar refractivity (Wildman–Crippen MR) is 75.4 cm³/mol. The smallest absolute Gasteiger partial charge is 0.254 e. The van der Waals surface area contributed by atoms with Crippen molar-refractivity contribution in [3.63, 3.8) is 0 Å². The van der Waals surface area contributed by atoms with Crippen molar-refractivity contribution in [3.8, 4) is 0 Å². The van der Waals surface area contributed by atoms with Crippen LogP contribution in [0.4, 0.5) is 0 Å². The molecule has 6 heteroatoms. The van der Waals surface area contributed by atoms with Gasteiger partial charge in [-0.1, -0.05) is 6.07 Å². The molecule has 0 bridgehead atoms. The van der Waals surface area contributed by atoms with Crippen molar-refractivity contribution in [3.05, 3.63) is 45.7 Å². The van der Waals surface area contributed by atoms with E-state index in [-0.39, 0.29) is 5.43 Å². The second-order valence-corrected chi connectivity index (χ2v) is 4.64. The lowest BCUT2D eigenvalue weighted by Gasteiger charge is -2.12. The highest BCUT2D eigenvalue weighted by molar-refractivity contribution is 6.06. The minimum absolute atomic E-state index is 0.158. The van der Waals surface area contributed by atoms with Gasteiger partial charge in [-0.15, -0.1) is 0 Å². The van der Waals surface area contributed by atoms with Gasteiger partial charge in [-0.3, -0.25) is 14.4 Å². The molecule has 1 heterocycles. The average Bonchev–Trinajstić information content (AvgIpc) is 2.37. The van der Waals surface area contributed by atoms with Crippen LogP contribution < -0.4 is 16.5 Å². The molecule has 4 N–H and O–H groups in total. The summed E-state index contributed by atoms with van der Waals surface area (Å²) in [5, 5.41) is 2.92. The van der Waals surface area contributed by atoms with Crippen LogP contribution in [-0.2, 0) is 4.79 Å². The van der Waals surface area contributed by atoms with Crippen LogP contribution in [0.1, 0.15) is 23.0 Å². The molecule has 0 fully saturated rings. The summed E-state index contributed by atoms with van der Waals surface area (Å²) in [6, 6.07) is 5.53. The highest BCUT2D eigenvalue weighted by Crippen LogP contribution is 2.14. The van der Waals surface area contributed by atoms with E-state index in [1.807, 2.05) is 0 Å². The van der Waals surface area contributed by atoms with E-state index in [4.69, 9.17) is 5.73 Å². The number of hydrogen-bond donors (Lipinski definition) is 3. The third-order valence-corrected chi connectivity index (χ3v) is 3.02. The first kappa shape index (κ1) is 13.8. The van der Waals surface area contributed by atoms with Gasteiger partial charge in [-0.05, 0) is 26.0 Å². The third-order valence-electron chi connectivity index (χ3n) is 3.02. The number of aromatic amines is 1. The number of carbonyl (C=O) groups excluding carboxylic acids is 2. The lowest BCUT2D eigenvalue weighted by atomic mass is 10.1. The van der Waals surface area contributed by atoms with Gasteiger partial charge in [0, 0.05) is 17.1 Å². The van der Waals surface area contributed by atoms with E-state index in [0.29, 0.717) is 22.2 Å². The molecule has 2 amide bonds. The first-order valence-corrected chi connectivity index (χ1v) is 6.13. The van der Waals surface area contributed by atoms with Gasteiger partial charge in [0.1, 0.15) is 6.04 Å². The number of H-pyrrole nitrogens is 1. The van der Waals surface area contributed by atoms with Crippen LogP contribution in [0.25, 0.3) is 10.9 Å². The largest absolute Gasteiger partial charge is 0.368 e. The number of hydrogen-bond acceptors (Lipinski definition) is 3. The Balaban J connectivity index is 2.52. The molecule has 104 valence electrons. The molecule has 0 saturated carbocycles. The molecule has 1 atom stereocenters. The van der Waals surface area contributed by atoms with Crippen LogP contribution >= 0.6 is 0 Å². The zero-order chi connectivity index (χ0) is 14.9. The zero-order valence-electron chi connectivity index (χ0n) is 11.2. The molecule has 6 nitrogen and oxygen atoms in total. The average molecular weight is 273 g/mol. The van der Waals surface area contributed by atoms with E-state index in [1.54, 1.807) is 25.1 Å². The van der Waals surface area contributed by atoms with Crippen LogP contribution in [0.2, 0.25) is 0 Å². The van der Waals surface area contributed by atoms with Gasteiger partial charge in [-0.2, -0.15) is 0 Å². The summed E-state index contributed by atoms with van der Waals surface area (Å²) in [6.45, 7) is 3.24. The number of amides is 2. The van der Waals surface area contributed by atoms with Crippen molar-refractivity contribution < 1.29 is 9.59 Å². The summed E-state index contributed by atoms with van der Waals surface area (Å²) in [7, 11) is 0. The minimum atomic E-state index is -0.783. The van der Waals surface area contributed by atoms with E-state index in [0.717, 1.165) is 0 Å². The van der Waals surface area contributed by atoms with Gasteiger partial charge >= 0.3 is 0 Å².